The monoisotopic (exact) mass is 344 g/mol. The number of hydrogen-bond donors (Lipinski definition) is 2. The van der Waals surface area contributed by atoms with Gasteiger partial charge in [-0.15, -0.1) is 0 Å². The normalized spacial score (nSPS) is 9.92. The van der Waals surface area contributed by atoms with E-state index in [1.54, 1.807) is 13.2 Å². The maximum Gasteiger partial charge on any atom is 0.264 e. The summed E-state index contributed by atoms with van der Waals surface area (Å²) in [6.07, 6.45) is 0.963. The van der Waals surface area contributed by atoms with E-state index in [1.807, 2.05) is 42.5 Å². The number of carbonyl (C=O) groups is 1. The van der Waals surface area contributed by atoms with E-state index in [9.17, 15) is 4.79 Å². The van der Waals surface area contributed by atoms with Crippen molar-refractivity contribution >= 4 is 28.9 Å². The fourth-order valence-corrected chi connectivity index (χ4v) is 2.23. The number of aryl methyl sites for hydroxylation is 1. The minimum atomic E-state index is -0.324. The van der Waals surface area contributed by atoms with Crippen molar-refractivity contribution < 1.29 is 14.3 Å². The Hall–Kier alpha value is -2.60. The van der Waals surface area contributed by atoms with Crippen LogP contribution in [0.25, 0.3) is 0 Å². The Morgan fingerprint density at radius 1 is 1.12 bits per heavy atom. The van der Waals surface area contributed by atoms with Crippen molar-refractivity contribution in [3.8, 4) is 11.5 Å². The maximum atomic E-state index is 11.9. The smallest absolute Gasteiger partial charge is 0.264 e. The van der Waals surface area contributed by atoms with Gasteiger partial charge in [0, 0.05) is 11.8 Å². The summed E-state index contributed by atoms with van der Waals surface area (Å²) < 4.78 is 10.6. The molecule has 0 unspecified atom stereocenters. The Morgan fingerprint density at radius 2 is 1.88 bits per heavy atom. The fourth-order valence-electron chi connectivity index (χ4n) is 2.00. The summed E-state index contributed by atoms with van der Waals surface area (Å²) in [6.45, 7) is 1.98. The quantitative estimate of drug-likeness (QED) is 0.789. The van der Waals surface area contributed by atoms with Gasteiger partial charge in [-0.1, -0.05) is 25.1 Å². The fraction of sp³-hybridized carbons (Fsp3) is 0.222. The molecular weight excluding hydrogens is 324 g/mol. The molecule has 24 heavy (non-hydrogen) atoms. The van der Waals surface area contributed by atoms with Gasteiger partial charge in [-0.05, 0) is 48.5 Å². The van der Waals surface area contributed by atoms with Gasteiger partial charge in [0.05, 0.1) is 7.11 Å². The summed E-state index contributed by atoms with van der Waals surface area (Å²) in [5.41, 5.74) is 1.95. The van der Waals surface area contributed by atoms with Crippen molar-refractivity contribution in [2.24, 2.45) is 0 Å². The van der Waals surface area contributed by atoms with E-state index >= 15 is 0 Å². The molecule has 0 aliphatic rings. The zero-order valence-corrected chi connectivity index (χ0v) is 14.5. The third kappa shape index (κ3) is 5.55. The first-order valence-electron chi connectivity index (χ1n) is 7.57. The molecular formula is C18H20N2O3S. The van der Waals surface area contributed by atoms with Crippen molar-refractivity contribution in [2.45, 2.75) is 13.3 Å². The van der Waals surface area contributed by atoms with E-state index in [4.69, 9.17) is 21.7 Å². The van der Waals surface area contributed by atoms with Gasteiger partial charge in [-0.25, -0.2) is 0 Å². The van der Waals surface area contributed by atoms with Crippen molar-refractivity contribution in [1.29, 1.82) is 0 Å². The van der Waals surface area contributed by atoms with Crippen LogP contribution in [0.1, 0.15) is 12.5 Å². The number of ether oxygens (including phenoxy) is 2. The number of nitrogens with one attached hydrogen (secondary N) is 2. The highest BCUT2D eigenvalue weighted by Gasteiger charge is 2.06. The molecule has 126 valence electrons. The summed E-state index contributed by atoms with van der Waals surface area (Å²) in [5.74, 6) is 1.02. The number of benzene rings is 2. The van der Waals surface area contributed by atoms with Gasteiger partial charge in [0.2, 0.25) is 0 Å². The lowest BCUT2D eigenvalue weighted by molar-refractivity contribution is -0.121. The van der Waals surface area contributed by atoms with E-state index in [2.05, 4.69) is 17.6 Å². The third-order valence-electron chi connectivity index (χ3n) is 3.28. The number of anilines is 1. The summed E-state index contributed by atoms with van der Waals surface area (Å²) >= 11 is 5.12. The van der Waals surface area contributed by atoms with Crippen LogP contribution >= 0.6 is 12.2 Å². The molecule has 5 nitrogen and oxygen atoms in total. The Balaban J connectivity index is 1.79. The molecule has 0 radical (unpaired) electrons. The Morgan fingerprint density at radius 3 is 2.54 bits per heavy atom. The van der Waals surface area contributed by atoms with Gasteiger partial charge in [0.1, 0.15) is 11.5 Å². The number of methoxy groups -OCH3 is 1. The molecule has 0 fully saturated rings. The van der Waals surface area contributed by atoms with Gasteiger partial charge in [-0.3, -0.25) is 10.1 Å². The Kier molecular flexibility index (Phi) is 6.57. The highest BCUT2D eigenvalue weighted by molar-refractivity contribution is 7.80. The zero-order valence-electron chi connectivity index (χ0n) is 13.7. The zero-order chi connectivity index (χ0) is 17.4. The molecule has 1 amide bonds. The summed E-state index contributed by atoms with van der Waals surface area (Å²) in [6, 6.07) is 14.9. The molecule has 0 saturated heterocycles. The van der Waals surface area contributed by atoms with Crippen LogP contribution in [-0.2, 0) is 11.2 Å². The molecule has 6 heteroatoms. The van der Waals surface area contributed by atoms with Gasteiger partial charge in [0.15, 0.2) is 11.7 Å². The second-order valence-electron chi connectivity index (χ2n) is 5.02. The first-order valence-corrected chi connectivity index (χ1v) is 7.98. The molecule has 0 heterocycles. The van der Waals surface area contributed by atoms with Crippen LogP contribution in [0.3, 0.4) is 0 Å². The van der Waals surface area contributed by atoms with Crippen LogP contribution in [0, 0.1) is 0 Å². The minimum Gasteiger partial charge on any atom is -0.497 e. The molecule has 2 aromatic rings. The molecule has 0 aromatic heterocycles. The Labute approximate surface area is 147 Å². The number of thiocarbonyl (C=S) groups is 1. The largest absolute Gasteiger partial charge is 0.497 e. The lowest BCUT2D eigenvalue weighted by Crippen LogP contribution is -2.37. The van der Waals surface area contributed by atoms with E-state index < -0.39 is 0 Å². The number of amides is 1. The van der Waals surface area contributed by atoms with Crippen molar-refractivity contribution in [2.75, 3.05) is 19.0 Å². The highest BCUT2D eigenvalue weighted by atomic mass is 32.1. The van der Waals surface area contributed by atoms with Crippen LogP contribution < -0.4 is 20.1 Å². The van der Waals surface area contributed by atoms with E-state index in [0.717, 1.165) is 12.1 Å². The average molecular weight is 344 g/mol. The van der Waals surface area contributed by atoms with Crippen LogP contribution in [0.15, 0.2) is 48.5 Å². The van der Waals surface area contributed by atoms with Crippen LogP contribution in [0.4, 0.5) is 5.69 Å². The van der Waals surface area contributed by atoms with E-state index in [-0.39, 0.29) is 17.6 Å². The molecule has 2 aromatic carbocycles. The van der Waals surface area contributed by atoms with Gasteiger partial charge < -0.3 is 14.8 Å². The molecule has 0 aliphatic heterocycles. The van der Waals surface area contributed by atoms with Crippen LogP contribution in [0.5, 0.6) is 11.5 Å². The van der Waals surface area contributed by atoms with Crippen molar-refractivity contribution in [3.63, 3.8) is 0 Å². The first kappa shape index (κ1) is 17.7. The predicted molar refractivity (Wildman–Crippen MR) is 98.7 cm³/mol. The third-order valence-corrected chi connectivity index (χ3v) is 3.49. The first-order chi connectivity index (χ1) is 11.6. The van der Waals surface area contributed by atoms with Crippen LogP contribution in [-0.4, -0.2) is 24.7 Å². The van der Waals surface area contributed by atoms with Gasteiger partial charge in [-0.2, -0.15) is 0 Å². The highest BCUT2D eigenvalue weighted by Crippen LogP contribution is 2.16. The number of carbonyl (C=O) groups excluding carboxylic acids is 1. The summed E-state index contributed by atoms with van der Waals surface area (Å²) in [4.78, 5) is 11.9. The lowest BCUT2D eigenvalue weighted by atomic mass is 10.2. The summed E-state index contributed by atoms with van der Waals surface area (Å²) in [7, 11) is 1.59. The molecule has 0 saturated carbocycles. The number of hydrogen-bond acceptors (Lipinski definition) is 4. The van der Waals surface area contributed by atoms with Crippen LogP contribution in [0.2, 0.25) is 0 Å². The molecule has 2 N–H and O–H groups in total. The van der Waals surface area contributed by atoms with Gasteiger partial charge in [0.25, 0.3) is 5.91 Å². The Bertz CT molecular complexity index is 702. The topological polar surface area (TPSA) is 59.6 Å². The second kappa shape index (κ2) is 8.88. The molecule has 0 spiro atoms. The molecule has 0 aliphatic carbocycles. The SMILES string of the molecule is CCc1ccc(OCC(=O)NC(=S)Nc2cccc(OC)c2)cc1. The summed E-state index contributed by atoms with van der Waals surface area (Å²) in [5, 5.41) is 5.71. The molecule has 2 rings (SSSR count). The van der Waals surface area contributed by atoms with E-state index in [0.29, 0.717) is 11.5 Å². The molecule has 0 bridgehead atoms. The average Bonchev–Trinajstić information content (AvgIpc) is 2.60. The number of rotatable bonds is 6. The maximum absolute atomic E-state index is 11.9. The van der Waals surface area contributed by atoms with Crippen molar-refractivity contribution in [3.05, 3.63) is 54.1 Å². The van der Waals surface area contributed by atoms with Crippen molar-refractivity contribution in [1.82, 2.24) is 5.32 Å². The van der Waals surface area contributed by atoms with E-state index in [1.165, 1.54) is 5.56 Å². The van der Waals surface area contributed by atoms with Gasteiger partial charge >= 0.3 is 0 Å². The second-order valence-corrected chi connectivity index (χ2v) is 5.43. The molecule has 0 atom stereocenters. The standard InChI is InChI=1S/C18H20N2O3S/c1-3-13-7-9-15(10-8-13)23-12-17(21)20-18(24)19-14-5-4-6-16(11-14)22-2/h4-11H,3,12H2,1-2H3,(H2,19,20,21,24). The minimum absolute atomic E-state index is 0.106. The lowest BCUT2D eigenvalue weighted by Gasteiger charge is -2.11. The predicted octanol–water partition coefficient (Wildman–Crippen LogP) is 3.15.